The molecule has 3 aliphatic heterocycles. The highest BCUT2D eigenvalue weighted by atomic mass is 33.1. The van der Waals surface area contributed by atoms with E-state index in [0.717, 1.165) is 23.6 Å². The standard InChI is InChI=1S/C22H27N5O6S3/c28-16(6-2-1-5-15-20-13(11-34-15)25-22(32)26-20)24-14(12-35-36-17-7-3-4-10-23-17)21(31)33-27-18(29)8-9-19(27)30/h3-4,7,10,13-15,20H,1-2,5-6,8-9,11-12H2,(H,24,28)(H2,25,26,32)/t13-,14-,15-,20-/m0/s1. The molecule has 4 rings (SSSR count). The van der Waals surface area contributed by atoms with Gasteiger partial charge in [0.05, 0.1) is 12.1 Å². The predicted octanol–water partition coefficient (Wildman–Crippen LogP) is 1.64. The summed E-state index contributed by atoms with van der Waals surface area (Å²) in [5.74, 6) is -1.28. The number of urea groups is 1. The Morgan fingerprint density at radius 3 is 2.75 bits per heavy atom. The third kappa shape index (κ3) is 7.07. The van der Waals surface area contributed by atoms with E-state index in [1.165, 1.54) is 21.6 Å². The van der Waals surface area contributed by atoms with E-state index in [9.17, 15) is 24.0 Å². The Labute approximate surface area is 220 Å². The molecule has 3 saturated heterocycles. The molecule has 0 radical (unpaired) electrons. The van der Waals surface area contributed by atoms with Crippen molar-refractivity contribution in [3.05, 3.63) is 24.4 Å². The van der Waals surface area contributed by atoms with Crippen LogP contribution in [0.2, 0.25) is 0 Å². The van der Waals surface area contributed by atoms with E-state index in [2.05, 4.69) is 20.9 Å². The number of rotatable bonds is 12. The summed E-state index contributed by atoms with van der Waals surface area (Å²) in [6, 6.07) is 4.59. The van der Waals surface area contributed by atoms with Gasteiger partial charge in [-0.2, -0.15) is 11.8 Å². The van der Waals surface area contributed by atoms with E-state index >= 15 is 0 Å². The lowest BCUT2D eigenvalue weighted by atomic mass is 10.0. The summed E-state index contributed by atoms with van der Waals surface area (Å²) in [6.07, 6.45) is 4.18. The molecule has 0 unspecified atom stereocenters. The van der Waals surface area contributed by atoms with Crippen molar-refractivity contribution in [2.45, 2.75) is 66.9 Å². The van der Waals surface area contributed by atoms with E-state index in [4.69, 9.17) is 4.84 Å². The lowest BCUT2D eigenvalue weighted by Gasteiger charge is -2.20. The third-order valence-electron chi connectivity index (χ3n) is 5.90. The van der Waals surface area contributed by atoms with Crippen LogP contribution in [0.25, 0.3) is 0 Å². The molecule has 4 atom stereocenters. The van der Waals surface area contributed by atoms with Crippen molar-refractivity contribution in [2.75, 3.05) is 11.5 Å². The molecule has 0 bridgehead atoms. The number of hydrogen-bond donors (Lipinski definition) is 3. The quantitative estimate of drug-likeness (QED) is 0.151. The van der Waals surface area contributed by atoms with E-state index in [0.29, 0.717) is 16.7 Å². The summed E-state index contributed by atoms with van der Waals surface area (Å²) in [5.41, 5.74) is 0. The van der Waals surface area contributed by atoms with Crippen molar-refractivity contribution >= 4 is 63.1 Å². The molecular formula is C22H27N5O6S3. The topological polar surface area (TPSA) is 147 Å². The van der Waals surface area contributed by atoms with Crippen molar-refractivity contribution < 1.29 is 28.8 Å². The zero-order valence-electron chi connectivity index (χ0n) is 19.3. The minimum Gasteiger partial charge on any atom is -0.342 e. The van der Waals surface area contributed by atoms with Crippen LogP contribution in [0.1, 0.15) is 38.5 Å². The molecule has 194 valence electrons. The smallest absolute Gasteiger partial charge is 0.342 e. The molecule has 1 aromatic rings. The van der Waals surface area contributed by atoms with Crippen molar-refractivity contribution in [3.63, 3.8) is 0 Å². The van der Waals surface area contributed by atoms with Gasteiger partial charge in [-0.1, -0.05) is 23.3 Å². The molecule has 4 heterocycles. The number of thioether (sulfide) groups is 1. The molecule has 0 aliphatic carbocycles. The van der Waals surface area contributed by atoms with Gasteiger partial charge in [-0.05, 0) is 35.8 Å². The number of carbonyl (C=O) groups excluding carboxylic acids is 5. The van der Waals surface area contributed by atoms with Crippen LogP contribution in [-0.2, 0) is 24.0 Å². The molecule has 3 aliphatic rings. The monoisotopic (exact) mass is 553 g/mol. The number of unbranched alkanes of at least 4 members (excludes halogenated alkanes) is 1. The number of nitrogens with one attached hydrogen (secondary N) is 3. The van der Waals surface area contributed by atoms with E-state index in [1.54, 1.807) is 12.3 Å². The number of hydroxylamine groups is 2. The Bertz CT molecular complexity index is 984. The second-order valence-corrected chi connectivity index (χ2v) is 12.1. The molecule has 36 heavy (non-hydrogen) atoms. The van der Waals surface area contributed by atoms with Gasteiger partial charge in [0.2, 0.25) is 5.91 Å². The molecule has 0 spiro atoms. The Morgan fingerprint density at radius 2 is 2.00 bits per heavy atom. The number of hydrogen-bond acceptors (Lipinski definition) is 10. The van der Waals surface area contributed by atoms with Crippen molar-refractivity contribution in [2.24, 2.45) is 0 Å². The zero-order valence-corrected chi connectivity index (χ0v) is 21.8. The summed E-state index contributed by atoms with van der Waals surface area (Å²) in [7, 11) is 2.65. The van der Waals surface area contributed by atoms with Gasteiger partial charge in [0, 0.05) is 42.2 Å². The molecule has 11 nitrogen and oxygen atoms in total. The molecule has 3 fully saturated rings. The number of imide groups is 1. The highest BCUT2D eigenvalue weighted by Gasteiger charge is 2.42. The maximum Gasteiger partial charge on any atom is 0.356 e. The normalized spacial score (nSPS) is 23.7. The van der Waals surface area contributed by atoms with E-state index < -0.39 is 23.8 Å². The Balaban J connectivity index is 1.24. The van der Waals surface area contributed by atoms with Crippen LogP contribution < -0.4 is 16.0 Å². The number of nitrogens with zero attached hydrogens (tertiary/aromatic N) is 2. The van der Waals surface area contributed by atoms with E-state index in [-0.39, 0.29) is 49.0 Å². The predicted molar refractivity (Wildman–Crippen MR) is 136 cm³/mol. The second-order valence-electron chi connectivity index (χ2n) is 8.52. The fourth-order valence-corrected chi connectivity index (χ4v) is 7.68. The Hall–Kier alpha value is -2.45. The molecule has 1 aromatic heterocycles. The average Bonchev–Trinajstić information content (AvgIpc) is 3.52. The lowest BCUT2D eigenvalue weighted by Crippen LogP contribution is -2.46. The summed E-state index contributed by atoms with van der Waals surface area (Å²) in [4.78, 5) is 69.8. The van der Waals surface area contributed by atoms with Gasteiger partial charge in [-0.3, -0.25) is 14.4 Å². The zero-order chi connectivity index (χ0) is 25.5. The van der Waals surface area contributed by atoms with Gasteiger partial charge < -0.3 is 20.8 Å². The highest BCUT2D eigenvalue weighted by Crippen LogP contribution is 2.33. The van der Waals surface area contributed by atoms with Gasteiger partial charge in [-0.15, -0.1) is 5.06 Å². The van der Waals surface area contributed by atoms with Gasteiger partial charge >= 0.3 is 12.0 Å². The van der Waals surface area contributed by atoms with Crippen molar-refractivity contribution in [3.8, 4) is 0 Å². The summed E-state index contributed by atoms with van der Waals surface area (Å²) in [6.45, 7) is 0. The van der Waals surface area contributed by atoms with Crippen LogP contribution in [0.4, 0.5) is 4.79 Å². The number of fused-ring (bicyclic) bond motifs is 1. The van der Waals surface area contributed by atoms with Crippen LogP contribution in [-0.4, -0.2) is 74.7 Å². The van der Waals surface area contributed by atoms with Gasteiger partial charge in [0.15, 0.2) is 0 Å². The molecule has 0 saturated carbocycles. The largest absolute Gasteiger partial charge is 0.356 e. The Kier molecular flexibility index (Phi) is 9.37. The maximum absolute atomic E-state index is 12.7. The summed E-state index contributed by atoms with van der Waals surface area (Å²) >= 11 is 1.82. The highest BCUT2D eigenvalue weighted by molar-refractivity contribution is 8.76. The van der Waals surface area contributed by atoms with Crippen LogP contribution >= 0.6 is 33.3 Å². The summed E-state index contributed by atoms with van der Waals surface area (Å²) < 4.78 is 0. The van der Waals surface area contributed by atoms with Gasteiger partial charge in [0.25, 0.3) is 11.8 Å². The first-order valence-electron chi connectivity index (χ1n) is 11.7. The number of amides is 5. The number of pyridine rings is 1. The Morgan fingerprint density at radius 1 is 1.19 bits per heavy atom. The van der Waals surface area contributed by atoms with Gasteiger partial charge in [0.1, 0.15) is 11.1 Å². The number of carbonyl (C=O) groups is 5. The first-order chi connectivity index (χ1) is 17.4. The average molecular weight is 554 g/mol. The molecule has 0 aromatic carbocycles. The van der Waals surface area contributed by atoms with E-state index in [1.807, 2.05) is 23.9 Å². The van der Waals surface area contributed by atoms with Crippen LogP contribution in [0.3, 0.4) is 0 Å². The molecule has 5 amide bonds. The van der Waals surface area contributed by atoms with Crippen molar-refractivity contribution in [1.82, 2.24) is 26.0 Å². The lowest BCUT2D eigenvalue weighted by molar-refractivity contribution is -0.198. The van der Waals surface area contributed by atoms with Gasteiger partial charge in [-0.25, -0.2) is 14.6 Å². The molecule has 14 heteroatoms. The molecular weight excluding hydrogens is 526 g/mol. The fraction of sp³-hybridized carbons (Fsp3) is 0.545. The summed E-state index contributed by atoms with van der Waals surface area (Å²) in [5, 5.41) is 10.1. The SMILES string of the molecule is O=C(CCCC[C@@H]1SC[C@@H]2NC(=O)N[C@@H]21)N[C@@H](CSSc1ccccn1)C(=O)ON1C(=O)CCC1=O. The van der Waals surface area contributed by atoms with Crippen LogP contribution in [0.5, 0.6) is 0 Å². The second kappa shape index (κ2) is 12.7. The minimum absolute atomic E-state index is 0.00591. The van der Waals surface area contributed by atoms with Crippen molar-refractivity contribution in [1.29, 1.82) is 0 Å². The first-order valence-corrected chi connectivity index (χ1v) is 15.0. The fourth-order valence-electron chi connectivity index (χ4n) is 4.08. The maximum atomic E-state index is 12.7. The van der Waals surface area contributed by atoms with Crippen LogP contribution in [0, 0.1) is 0 Å². The first kappa shape index (κ1) is 26.6. The molecule has 3 N–H and O–H groups in total. The minimum atomic E-state index is -1.04. The van der Waals surface area contributed by atoms with Crippen LogP contribution in [0.15, 0.2) is 29.4 Å². The third-order valence-corrected chi connectivity index (χ3v) is 9.69. The number of aromatic nitrogens is 1.